The zero-order chi connectivity index (χ0) is 6.85. The van der Waals surface area contributed by atoms with Gasteiger partial charge >= 0.3 is 0 Å². The summed E-state index contributed by atoms with van der Waals surface area (Å²) in [5, 5.41) is 0. The molecule has 0 radical (unpaired) electrons. The average molecular weight is 124 g/mol. The first-order chi connectivity index (χ1) is 4.20. The molecule has 0 amide bonds. The first kappa shape index (κ1) is 6.07. The van der Waals surface area contributed by atoms with E-state index in [0.29, 0.717) is 0 Å². The molecule has 1 rings (SSSR count). The predicted molar refractivity (Wildman–Crippen MR) is 36.8 cm³/mol. The molecule has 9 heavy (non-hydrogen) atoms. The number of pyridine rings is 1. The molecular formula is C5H6BFN2. The third-order valence-corrected chi connectivity index (χ3v) is 1.00. The summed E-state index contributed by atoms with van der Waals surface area (Å²) in [7, 11) is 1.81. The molecule has 4 heteroatoms. The number of hydrogen-bond donors (Lipinski definition) is 1. The molecule has 0 atom stereocenters. The number of nitrogens with two attached hydrogens (primary N) is 1. The molecule has 2 nitrogen and oxygen atoms in total. The van der Waals surface area contributed by atoms with Crippen LogP contribution in [0.3, 0.4) is 0 Å². The van der Waals surface area contributed by atoms with E-state index >= 15 is 0 Å². The SMILES string of the molecule is Bc1cnc(F)c(N)c1. The summed E-state index contributed by atoms with van der Waals surface area (Å²) in [4.78, 5) is 3.39. The van der Waals surface area contributed by atoms with E-state index in [1.54, 1.807) is 6.07 Å². The van der Waals surface area contributed by atoms with Crippen molar-refractivity contribution in [2.24, 2.45) is 0 Å². The van der Waals surface area contributed by atoms with Gasteiger partial charge in [0.05, 0.1) is 5.69 Å². The fraction of sp³-hybridized carbons (Fsp3) is 0. The first-order valence-electron chi connectivity index (χ1n) is 2.58. The third-order valence-electron chi connectivity index (χ3n) is 1.00. The molecule has 1 heterocycles. The van der Waals surface area contributed by atoms with E-state index in [9.17, 15) is 4.39 Å². The van der Waals surface area contributed by atoms with E-state index < -0.39 is 5.95 Å². The number of aromatic nitrogens is 1. The maximum atomic E-state index is 12.3. The quantitative estimate of drug-likeness (QED) is 0.358. The summed E-state index contributed by atoms with van der Waals surface area (Å²) in [6.07, 6.45) is 1.44. The zero-order valence-corrected chi connectivity index (χ0v) is 5.06. The van der Waals surface area contributed by atoms with Crippen molar-refractivity contribution in [3.05, 3.63) is 18.2 Å². The Morgan fingerprint density at radius 1 is 1.67 bits per heavy atom. The number of nitrogens with zero attached hydrogens (tertiary/aromatic N) is 1. The molecule has 0 saturated carbocycles. The van der Waals surface area contributed by atoms with Crippen LogP contribution >= 0.6 is 0 Å². The van der Waals surface area contributed by atoms with Gasteiger partial charge in [0, 0.05) is 6.20 Å². The van der Waals surface area contributed by atoms with Gasteiger partial charge in [-0.1, -0.05) is 5.46 Å². The highest BCUT2D eigenvalue weighted by molar-refractivity contribution is 6.32. The summed E-state index contributed by atoms with van der Waals surface area (Å²) in [6, 6.07) is 1.54. The number of halogens is 1. The van der Waals surface area contributed by atoms with Gasteiger partial charge in [0.25, 0.3) is 0 Å². The molecule has 1 aromatic heterocycles. The van der Waals surface area contributed by atoms with E-state index in [1.165, 1.54) is 6.20 Å². The van der Waals surface area contributed by atoms with E-state index in [1.807, 2.05) is 7.85 Å². The minimum absolute atomic E-state index is 0.106. The molecule has 1 aromatic rings. The standard InChI is InChI=1S/C5H6BFN2/c6-3-1-4(8)5(7)9-2-3/h1-2H,6,8H2. The zero-order valence-electron chi connectivity index (χ0n) is 5.06. The molecule has 0 spiro atoms. The summed E-state index contributed by atoms with van der Waals surface area (Å²) < 4.78 is 12.3. The van der Waals surface area contributed by atoms with E-state index in [2.05, 4.69) is 4.98 Å². The van der Waals surface area contributed by atoms with Crippen LogP contribution in [0.25, 0.3) is 0 Å². The van der Waals surface area contributed by atoms with Crippen LogP contribution in [0.1, 0.15) is 0 Å². The highest BCUT2D eigenvalue weighted by atomic mass is 19.1. The lowest BCUT2D eigenvalue weighted by Crippen LogP contribution is -2.06. The monoisotopic (exact) mass is 124 g/mol. The van der Waals surface area contributed by atoms with Crippen molar-refractivity contribution >= 4 is 19.0 Å². The second kappa shape index (κ2) is 2.05. The van der Waals surface area contributed by atoms with Gasteiger partial charge < -0.3 is 5.73 Å². The molecule has 0 fully saturated rings. The lowest BCUT2D eigenvalue weighted by atomic mass is 9.99. The number of rotatable bonds is 0. The second-order valence-corrected chi connectivity index (χ2v) is 1.89. The Balaban J connectivity index is 3.17. The Kier molecular flexibility index (Phi) is 1.38. The lowest BCUT2D eigenvalue weighted by Gasteiger charge is -1.94. The van der Waals surface area contributed by atoms with Crippen molar-refractivity contribution < 1.29 is 4.39 Å². The first-order valence-corrected chi connectivity index (χ1v) is 2.58. The summed E-state index contributed by atoms with van der Waals surface area (Å²) in [5.41, 5.74) is 6.16. The number of hydrogen-bond acceptors (Lipinski definition) is 2. The van der Waals surface area contributed by atoms with Gasteiger partial charge in [0.15, 0.2) is 0 Å². The molecule has 46 valence electrons. The maximum absolute atomic E-state index is 12.3. The van der Waals surface area contributed by atoms with Crippen molar-refractivity contribution in [3.8, 4) is 0 Å². The topological polar surface area (TPSA) is 38.9 Å². The Bertz CT molecular complexity index is 226. The molecule has 0 aromatic carbocycles. The Morgan fingerprint density at radius 3 is 2.78 bits per heavy atom. The molecule has 0 aliphatic carbocycles. The summed E-state index contributed by atoms with van der Waals surface area (Å²) in [6.45, 7) is 0. The Labute approximate surface area is 53.3 Å². The fourth-order valence-electron chi connectivity index (χ4n) is 0.575. The van der Waals surface area contributed by atoms with Gasteiger partial charge in [-0.15, -0.1) is 0 Å². The molecule has 0 aliphatic heterocycles. The van der Waals surface area contributed by atoms with Crippen LogP contribution in [0, 0.1) is 5.95 Å². The molecule has 2 N–H and O–H groups in total. The second-order valence-electron chi connectivity index (χ2n) is 1.89. The van der Waals surface area contributed by atoms with Crippen LogP contribution in [0.4, 0.5) is 10.1 Å². The minimum Gasteiger partial charge on any atom is -0.395 e. The van der Waals surface area contributed by atoms with Crippen molar-refractivity contribution in [1.82, 2.24) is 4.98 Å². The van der Waals surface area contributed by atoms with Crippen LogP contribution in [0.15, 0.2) is 12.3 Å². The van der Waals surface area contributed by atoms with Crippen LogP contribution < -0.4 is 11.2 Å². The van der Waals surface area contributed by atoms with Crippen molar-refractivity contribution in [2.75, 3.05) is 5.73 Å². The van der Waals surface area contributed by atoms with Crippen LogP contribution in [0.5, 0.6) is 0 Å². The molecule has 0 unspecified atom stereocenters. The van der Waals surface area contributed by atoms with Gasteiger partial charge in [-0.3, -0.25) is 0 Å². The number of nitrogen functional groups attached to an aromatic ring is 1. The smallest absolute Gasteiger partial charge is 0.235 e. The minimum atomic E-state index is -0.597. The maximum Gasteiger partial charge on any atom is 0.235 e. The number of anilines is 1. The van der Waals surface area contributed by atoms with Gasteiger partial charge in [-0.25, -0.2) is 4.98 Å². The highest BCUT2D eigenvalue weighted by Gasteiger charge is 1.95. The van der Waals surface area contributed by atoms with Crippen LogP contribution in [0.2, 0.25) is 0 Å². The van der Waals surface area contributed by atoms with Crippen molar-refractivity contribution in [2.45, 2.75) is 0 Å². The van der Waals surface area contributed by atoms with Crippen molar-refractivity contribution in [3.63, 3.8) is 0 Å². The third kappa shape index (κ3) is 1.19. The van der Waals surface area contributed by atoms with Gasteiger partial charge in [-0.2, -0.15) is 4.39 Å². The largest absolute Gasteiger partial charge is 0.395 e. The van der Waals surface area contributed by atoms with E-state index in [4.69, 9.17) is 5.73 Å². The lowest BCUT2D eigenvalue weighted by molar-refractivity contribution is 0.589. The van der Waals surface area contributed by atoms with Gasteiger partial charge in [0.2, 0.25) is 5.95 Å². The molecule has 0 saturated heterocycles. The van der Waals surface area contributed by atoms with E-state index in [-0.39, 0.29) is 5.69 Å². The van der Waals surface area contributed by atoms with Crippen LogP contribution in [-0.2, 0) is 0 Å². The predicted octanol–water partition coefficient (Wildman–Crippen LogP) is -0.939. The van der Waals surface area contributed by atoms with Gasteiger partial charge in [-0.05, 0) is 6.07 Å². The molecule has 0 aliphatic rings. The summed E-state index contributed by atoms with van der Waals surface area (Å²) in [5.74, 6) is -0.597. The molecular weight excluding hydrogens is 118 g/mol. The Morgan fingerprint density at radius 2 is 2.33 bits per heavy atom. The fourth-order valence-corrected chi connectivity index (χ4v) is 0.575. The van der Waals surface area contributed by atoms with Crippen LogP contribution in [-0.4, -0.2) is 12.8 Å². The highest BCUT2D eigenvalue weighted by Crippen LogP contribution is 2.00. The molecule has 0 bridgehead atoms. The van der Waals surface area contributed by atoms with Crippen molar-refractivity contribution in [1.29, 1.82) is 0 Å². The van der Waals surface area contributed by atoms with E-state index in [0.717, 1.165) is 5.46 Å². The summed E-state index contributed by atoms with van der Waals surface area (Å²) >= 11 is 0. The Hall–Kier alpha value is -1.06. The average Bonchev–Trinajstić information content (AvgIpc) is 1.80. The van der Waals surface area contributed by atoms with Gasteiger partial charge in [0.1, 0.15) is 7.85 Å². The normalized spacial score (nSPS) is 9.44.